The second-order valence-electron chi connectivity index (χ2n) is 7.46. The zero-order valence-electron chi connectivity index (χ0n) is 17.6. The van der Waals surface area contributed by atoms with Crippen molar-refractivity contribution in [1.82, 2.24) is 14.8 Å². The van der Waals surface area contributed by atoms with Crippen LogP contribution >= 0.6 is 23.4 Å². The van der Waals surface area contributed by atoms with Crippen molar-refractivity contribution < 1.29 is 14.1 Å². The first-order valence-electron chi connectivity index (χ1n) is 10.2. The van der Waals surface area contributed by atoms with Crippen molar-refractivity contribution in [3.8, 4) is 5.69 Å². The van der Waals surface area contributed by atoms with Gasteiger partial charge in [-0.25, -0.2) is 0 Å². The average molecular weight is 491 g/mol. The van der Waals surface area contributed by atoms with Gasteiger partial charge < -0.3 is 10.2 Å². The Morgan fingerprint density at radius 1 is 1.24 bits per heavy atom. The van der Waals surface area contributed by atoms with Gasteiger partial charge in [-0.15, -0.1) is 10.2 Å². The highest BCUT2D eigenvalue weighted by Crippen LogP contribution is 2.32. The van der Waals surface area contributed by atoms with Gasteiger partial charge in [0.2, 0.25) is 17.7 Å². The summed E-state index contributed by atoms with van der Waals surface area (Å²) >= 11 is 7.40. The van der Waals surface area contributed by atoms with E-state index in [4.69, 9.17) is 11.6 Å². The molecule has 2 heterocycles. The van der Waals surface area contributed by atoms with E-state index in [2.05, 4.69) is 20.4 Å². The molecule has 1 saturated heterocycles. The largest absolute Gasteiger partial charge is 0.341 e. The Balaban J connectivity index is 1.57. The lowest BCUT2D eigenvalue weighted by molar-refractivity contribution is -0.387. The van der Waals surface area contributed by atoms with Crippen molar-refractivity contribution >= 4 is 46.6 Å². The van der Waals surface area contributed by atoms with E-state index in [0.29, 0.717) is 16.1 Å². The van der Waals surface area contributed by atoms with Crippen molar-refractivity contribution in [1.29, 1.82) is 0 Å². The van der Waals surface area contributed by atoms with Crippen LogP contribution in [-0.2, 0) is 4.79 Å². The van der Waals surface area contributed by atoms with Gasteiger partial charge in [0.05, 0.1) is 15.9 Å². The molecule has 1 amide bonds. The van der Waals surface area contributed by atoms with E-state index in [1.54, 1.807) is 19.1 Å². The molecule has 1 aromatic heterocycles. The number of carbonyl (C=O) groups is 1. The fourth-order valence-electron chi connectivity index (χ4n) is 3.49. The maximum Gasteiger partial charge on any atom is 0.306 e. The molecule has 1 aliphatic rings. The molecule has 0 aliphatic carbocycles. The Morgan fingerprint density at radius 2 is 2.00 bits per heavy atom. The van der Waals surface area contributed by atoms with Crippen LogP contribution in [0.5, 0.6) is 0 Å². The molecular formula is C21H20ClFN6O3S. The molecule has 0 spiro atoms. The molecule has 172 valence electrons. The Hall–Kier alpha value is -3.18. The number of nitro benzene ring substituents is 1. The molecule has 0 bridgehead atoms. The zero-order chi connectivity index (χ0) is 23.5. The van der Waals surface area contributed by atoms with Gasteiger partial charge in [-0.1, -0.05) is 29.4 Å². The molecule has 1 aliphatic heterocycles. The number of nitrogens with one attached hydrogen (secondary N) is 1. The summed E-state index contributed by atoms with van der Waals surface area (Å²) < 4.78 is 15.4. The summed E-state index contributed by atoms with van der Waals surface area (Å²) in [6.45, 7) is 3.41. The van der Waals surface area contributed by atoms with Crippen LogP contribution in [0.25, 0.3) is 5.69 Å². The van der Waals surface area contributed by atoms with Crippen LogP contribution in [0.3, 0.4) is 0 Å². The molecule has 1 fully saturated rings. The minimum atomic E-state index is -0.968. The minimum absolute atomic E-state index is 0.134. The van der Waals surface area contributed by atoms with Gasteiger partial charge in [0, 0.05) is 29.9 Å². The smallest absolute Gasteiger partial charge is 0.306 e. The highest BCUT2D eigenvalue weighted by Gasteiger charge is 2.26. The molecule has 1 unspecified atom stereocenters. The number of nitrogens with zero attached hydrogens (tertiary/aromatic N) is 5. The first kappa shape index (κ1) is 23.0. The molecule has 0 saturated carbocycles. The summed E-state index contributed by atoms with van der Waals surface area (Å²) in [5.41, 5.74) is 0.206. The number of anilines is 2. The van der Waals surface area contributed by atoms with Gasteiger partial charge in [-0.3, -0.25) is 19.5 Å². The van der Waals surface area contributed by atoms with E-state index in [1.165, 1.54) is 17.8 Å². The lowest BCUT2D eigenvalue weighted by atomic mass is 10.2. The predicted octanol–water partition coefficient (Wildman–Crippen LogP) is 4.69. The normalized spacial score (nSPS) is 14.3. The second kappa shape index (κ2) is 9.75. The fraction of sp³-hybridized carbons (Fsp3) is 0.286. The average Bonchev–Trinajstić information content (AvgIpc) is 3.44. The molecule has 12 heteroatoms. The molecule has 2 aromatic carbocycles. The number of rotatable bonds is 7. The van der Waals surface area contributed by atoms with Crippen molar-refractivity contribution in [2.75, 3.05) is 23.3 Å². The van der Waals surface area contributed by atoms with Crippen LogP contribution < -0.4 is 10.2 Å². The second-order valence-corrected chi connectivity index (χ2v) is 9.21. The number of hydrogen-bond donors (Lipinski definition) is 1. The highest BCUT2D eigenvalue weighted by molar-refractivity contribution is 8.00. The third kappa shape index (κ3) is 5.09. The topological polar surface area (TPSA) is 106 Å². The zero-order valence-corrected chi connectivity index (χ0v) is 19.1. The number of thioether (sulfide) groups is 1. The van der Waals surface area contributed by atoms with Crippen molar-refractivity contribution in [3.05, 3.63) is 63.4 Å². The number of hydrogen-bond acceptors (Lipinski definition) is 7. The van der Waals surface area contributed by atoms with Gasteiger partial charge in [0.25, 0.3) is 0 Å². The van der Waals surface area contributed by atoms with Crippen LogP contribution in [0.4, 0.5) is 21.7 Å². The van der Waals surface area contributed by atoms with Gasteiger partial charge in [-0.05, 0) is 50.1 Å². The molecule has 9 nitrogen and oxygen atoms in total. The Bertz CT molecular complexity index is 1200. The third-order valence-electron chi connectivity index (χ3n) is 5.13. The van der Waals surface area contributed by atoms with Crippen molar-refractivity contribution in [2.45, 2.75) is 30.2 Å². The summed E-state index contributed by atoms with van der Waals surface area (Å²) in [5.74, 6) is -0.701. The molecule has 33 heavy (non-hydrogen) atoms. The molecule has 4 rings (SSSR count). The standard InChI is InChI=1S/C21H20ClFN6O3S/c1-13(19(30)24-15-7-8-17(23)18(12-15)29(31)32)33-21-26-25-20(27-9-2-3-10-27)28(21)16-6-4-5-14(22)11-16/h4-8,11-13H,2-3,9-10H2,1H3,(H,24,30). The first-order valence-corrected chi connectivity index (χ1v) is 11.5. The molecule has 3 aromatic rings. The lowest BCUT2D eigenvalue weighted by Gasteiger charge is -2.19. The third-order valence-corrected chi connectivity index (χ3v) is 6.41. The van der Waals surface area contributed by atoms with Crippen LogP contribution in [0.1, 0.15) is 19.8 Å². The van der Waals surface area contributed by atoms with Crippen molar-refractivity contribution in [2.24, 2.45) is 0 Å². The predicted molar refractivity (Wildman–Crippen MR) is 125 cm³/mol. The van der Waals surface area contributed by atoms with Crippen molar-refractivity contribution in [3.63, 3.8) is 0 Å². The maximum atomic E-state index is 13.6. The van der Waals surface area contributed by atoms with Crippen LogP contribution in [-0.4, -0.2) is 43.9 Å². The van der Waals surface area contributed by atoms with E-state index in [1.807, 2.05) is 16.7 Å². The van der Waals surface area contributed by atoms with E-state index < -0.39 is 27.6 Å². The van der Waals surface area contributed by atoms with E-state index in [9.17, 15) is 19.3 Å². The van der Waals surface area contributed by atoms with E-state index in [0.717, 1.165) is 43.8 Å². The van der Waals surface area contributed by atoms with Crippen LogP contribution in [0, 0.1) is 15.9 Å². The SMILES string of the molecule is CC(Sc1nnc(N2CCCC2)n1-c1cccc(Cl)c1)C(=O)Nc1ccc(F)c([N+](=O)[O-])c1. The summed E-state index contributed by atoms with van der Waals surface area (Å²) in [4.78, 5) is 25.0. The quantitative estimate of drug-likeness (QED) is 0.291. The highest BCUT2D eigenvalue weighted by atomic mass is 35.5. The number of amides is 1. The number of benzene rings is 2. The van der Waals surface area contributed by atoms with E-state index in [-0.39, 0.29) is 5.69 Å². The number of nitro groups is 1. The molecule has 0 radical (unpaired) electrons. The van der Waals surface area contributed by atoms with Gasteiger partial charge in [-0.2, -0.15) is 4.39 Å². The minimum Gasteiger partial charge on any atom is -0.341 e. The first-order chi connectivity index (χ1) is 15.8. The molecule has 1 N–H and O–H groups in total. The lowest BCUT2D eigenvalue weighted by Crippen LogP contribution is -2.24. The Morgan fingerprint density at radius 3 is 2.70 bits per heavy atom. The van der Waals surface area contributed by atoms with Gasteiger partial charge >= 0.3 is 5.69 Å². The van der Waals surface area contributed by atoms with E-state index >= 15 is 0 Å². The fourth-order valence-corrected chi connectivity index (χ4v) is 4.53. The van der Waals surface area contributed by atoms with Gasteiger partial charge in [0.15, 0.2) is 5.16 Å². The summed E-state index contributed by atoms with van der Waals surface area (Å²) in [7, 11) is 0. The monoisotopic (exact) mass is 490 g/mol. The number of halogens is 2. The Kier molecular flexibility index (Phi) is 6.80. The molecule has 1 atom stereocenters. The van der Waals surface area contributed by atoms with Crippen LogP contribution in [0.15, 0.2) is 47.6 Å². The Labute approximate surface area is 198 Å². The van der Waals surface area contributed by atoms with Gasteiger partial charge in [0.1, 0.15) is 0 Å². The molecular weight excluding hydrogens is 471 g/mol. The summed E-state index contributed by atoms with van der Waals surface area (Å²) in [5, 5.41) is 22.7. The number of carbonyl (C=O) groups excluding carboxylic acids is 1. The maximum absolute atomic E-state index is 13.6. The summed E-state index contributed by atoms with van der Waals surface area (Å²) in [6.07, 6.45) is 2.13. The van der Waals surface area contributed by atoms with Crippen LogP contribution in [0.2, 0.25) is 5.02 Å². The summed E-state index contributed by atoms with van der Waals surface area (Å²) in [6, 6.07) is 10.5. The number of aromatic nitrogens is 3.